The van der Waals surface area contributed by atoms with Gasteiger partial charge in [-0.05, 0) is 30.5 Å². The summed E-state index contributed by atoms with van der Waals surface area (Å²) in [6.07, 6.45) is 0.519. The molecule has 22 heavy (non-hydrogen) atoms. The monoisotopic (exact) mass is 325 g/mol. The lowest BCUT2D eigenvalue weighted by Gasteiger charge is -2.30. The van der Waals surface area contributed by atoms with Crippen molar-refractivity contribution in [3.8, 4) is 5.75 Å². The molecule has 0 bridgehead atoms. The summed E-state index contributed by atoms with van der Waals surface area (Å²) >= 11 is 0. The second-order valence-corrected chi connectivity index (χ2v) is 8.37. The molecule has 0 saturated carbocycles. The predicted octanol–water partition coefficient (Wildman–Crippen LogP) is 1.98. The smallest absolute Gasteiger partial charge is 0.254 e. The first-order valence-electron chi connectivity index (χ1n) is 7.48. The van der Waals surface area contributed by atoms with Gasteiger partial charge in [0.15, 0.2) is 9.84 Å². The van der Waals surface area contributed by atoms with Crippen molar-refractivity contribution < 1.29 is 17.9 Å². The van der Waals surface area contributed by atoms with E-state index in [0.29, 0.717) is 24.3 Å². The maximum atomic E-state index is 12.8. The molecule has 0 N–H and O–H groups in total. The Kier molecular flexibility index (Phi) is 5.11. The lowest BCUT2D eigenvalue weighted by atomic mass is 10.1. The third kappa shape index (κ3) is 4.00. The van der Waals surface area contributed by atoms with E-state index >= 15 is 0 Å². The van der Waals surface area contributed by atoms with Crippen LogP contribution in [0.5, 0.6) is 5.75 Å². The van der Waals surface area contributed by atoms with E-state index in [2.05, 4.69) is 0 Å². The Hall–Kier alpha value is -1.56. The van der Waals surface area contributed by atoms with Gasteiger partial charge in [-0.15, -0.1) is 0 Å². The van der Waals surface area contributed by atoms with Gasteiger partial charge in [-0.1, -0.05) is 19.9 Å². The van der Waals surface area contributed by atoms with E-state index < -0.39 is 9.84 Å². The molecule has 1 aliphatic rings. The molecule has 1 fully saturated rings. The number of methoxy groups -OCH3 is 1. The molecule has 1 aromatic carbocycles. The van der Waals surface area contributed by atoms with Crippen molar-refractivity contribution in [2.75, 3.05) is 25.2 Å². The van der Waals surface area contributed by atoms with E-state index in [4.69, 9.17) is 4.74 Å². The number of carbonyl (C=O) groups is 1. The predicted molar refractivity (Wildman–Crippen MR) is 85.9 cm³/mol. The summed E-state index contributed by atoms with van der Waals surface area (Å²) in [6.45, 7) is 4.60. The van der Waals surface area contributed by atoms with Crippen molar-refractivity contribution in [2.45, 2.75) is 26.3 Å². The summed E-state index contributed by atoms with van der Waals surface area (Å²) in [5.41, 5.74) is 0.532. The maximum Gasteiger partial charge on any atom is 0.254 e. The van der Waals surface area contributed by atoms with Crippen molar-refractivity contribution in [2.24, 2.45) is 5.92 Å². The Morgan fingerprint density at radius 2 is 2.14 bits per heavy atom. The topological polar surface area (TPSA) is 63.7 Å². The van der Waals surface area contributed by atoms with Crippen LogP contribution in [0.15, 0.2) is 24.3 Å². The fourth-order valence-corrected chi connectivity index (χ4v) is 4.47. The molecular weight excluding hydrogens is 302 g/mol. The van der Waals surface area contributed by atoms with Crippen LogP contribution in [-0.2, 0) is 9.84 Å². The highest BCUT2D eigenvalue weighted by Crippen LogP contribution is 2.22. The summed E-state index contributed by atoms with van der Waals surface area (Å²) in [6, 6.07) is 6.75. The van der Waals surface area contributed by atoms with Crippen LogP contribution in [0.1, 0.15) is 30.6 Å². The molecule has 0 unspecified atom stereocenters. The summed E-state index contributed by atoms with van der Waals surface area (Å²) in [5, 5.41) is 0. The first kappa shape index (κ1) is 16.8. The van der Waals surface area contributed by atoms with Crippen molar-refractivity contribution in [3.05, 3.63) is 29.8 Å². The first-order valence-corrected chi connectivity index (χ1v) is 9.30. The number of sulfone groups is 1. The van der Waals surface area contributed by atoms with Gasteiger partial charge < -0.3 is 9.64 Å². The zero-order valence-corrected chi connectivity index (χ0v) is 14.1. The molecule has 5 nitrogen and oxygen atoms in total. The second-order valence-electron chi connectivity index (χ2n) is 6.14. The molecule has 0 aromatic heterocycles. The molecular formula is C16H23NO4S. The molecule has 0 aliphatic carbocycles. The normalized spacial score (nSPS) is 20.1. The first-order chi connectivity index (χ1) is 10.3. The van der Waals surface area contributed by atoms with Crippen molar-refractivity contribution in [3.63, 3.8) is 0 Å². The molecule has 0 radical (unpaired) electrons. The molecule has 1 heterocycles. The van der Waals surface area contributed by atoms with Crippen LogP contribution in [0.3, 0.4) is 0 Å². The highest BCUT2D eigenvalue weighted by Gasteiger charge is 2.35. The van der Waals surface area contributed by atoms with Gasteiger partial charge in [0, 0.05) is 18.2 Å². The summed E-state index contributed by atoms with van der Waals surface area (Å²) in [7, 11) is -1.47. The summed E-state index contributed by atoms with van der Waals surface area (Å²) in [5.74, 6) is 0.995. The van der Waals surface area contributed by atoms with Crippen molar-refractivity contribution in [1.29, 1.82) is 0 Å². The molecule has 122 valence electrons. The van der Waals surface area contributed by atoms with Gasteiger partial charge in [0.2, 0.25) is 0 Å². The van der Waals surface area contributed by atoms with Crippen LogP contribution >= 0.6 is 0 Å². The Labute approximate surface area is 132 Å². The van der Waals surface area contributed by atoms with E-state index in [9.17, 15) is 13.2 Å². The van der Waals surface area contributed by atoms with Crippen LogP contribution in [0, 0.1) is 5.92 Å². The fraction of sp³-hybridized carbons (Fsp3) is 0.562. The van der Waals surface area contributed by atoms with Gasteiger partial charge >= 0.3 is 0 Å². The van der Waals surface area contributed by atoms with Crippen LogP contribution in [0.25, 0.3) is 0 Å². The minimum Gasteiger partial charge on any atom is -0.497 e. The minimum atomic E-state index is -3.02. The molecule has 1 atom stereocenters. The quantitative estimate of drug-likeness (QED) is 0.830. The Balaban J connectivity index is 2.26. The highest BCUT2D eigenvalue weighted by atomic mass is 32.2. The lowest BCUT2D eigenvalue weighted by Crippen LogP contribution is -2.43. The maximum absolute atomic E-state index is 12.8. The van der Waals surface area contributed by atoms with Crippen molar-refractivity contribution in [1.82, 2.24) is 4.90 Å². The molecule has 6 heteroatoms. The number of benzene rings is 1. The number of amides is 1. The van der Waals surface area contributed by atoms with Crippen LogP contribution in [0.4, 0.5) is 0 Å². The second kappa shape index (κ2) is 6.69. The number of hydrogen-bond donors (Lipinski definition) is 0. The van der Waals surface area contributed by atoms with Crippen LogP contribution < -0.4 is 4.74 Å². The van der Waals surface area contributed by atoms with Gasteiger partial charge in [0.1, 0.15) is 5.75 Å². The van der Waals surface area contributed by atoms with E-state index in [1.165, 1.54) is 0 Å². The average Bonchev–Trinajstić information content (AvgIpc) is 2.84. The fourth-order valence-electron chi connectivity index (χ4n) is 2.73. The van der Waals surface area contributed by atoms with Gasteiger partial charge in [0.05, 0.1) is 18.6 Å². The van der Waals surface area contributed by atoms with Gasteiger partial charge in [0.25, 0.3) is 5.91 Å². The van der Waals surface area contributed by atoms with Crippen LogP contribution in [-0.4, -0.2) is 50.4 Å². The Bertz CT molecular complexity index is 639. The van der Waals surface area contributed by atoms with Gasteiger partial charge in [-0.3, -0.25) is 4.79 Å². The van der Waals surface area contributed by atoms with E-state index in [1.807, 2.05) is 13.8 Å². The average molecular weight is 325 g/mol. The third-order valence-corrected chi connectivity index (χ3v) is 5.54. The van der Waals surface area contributed by atoms with E-state index in [0.717, 1.165) is 0 Å². The highest BCUT2D eigenvalue weighted by molar-refractivity contribution is 7.91. The van der Waals surface area contributed by atoms with Crippen molar-refractivity contribution >= 4 is 15.7 Å². The lowest BCUT2D eigenvalue weighted by molar-refractivity contribution is 0.0672. The SMILES string of the molecule is COc1cccc(C(=O)N(CC(C)C)[C@@H]2CCS(=O)(=O)C2)c1. The third-order valence-electron chi connectivity index (χ3n) is 3.79. The standard InChI is InChI=1S/C16H23NO4S/c1-12(2)10-17(14-7-8-22(19,20)11-14)16(18)13-5-4-6-15(9-13)21-3/h4-6,9,12,14H,7-8,10-11H2,1-3H3/t14-/m1/s1. The Morgan fingerprint density at radius 3 is 2.68 bits per heavy atom. The number of nitrogens with zero attached hydrogens (tertiary/aromatic N) is 1. The Morgan fingerprint density at radius 1 is 1.41 bits per heavy atom. The molecule has 0 spiro atoms. The van der Waals surface area contributed by atoms with Gasteiger partial charge in [-0.2, -0.15) is 0 Å². The minimum absolute atomic E-state index is 0.0649. The number of hydrogen-bond acceptors (Lipinski definition) is 4. The number of carbonyl (C=O) groups excluding carboxylic acids is 1. The van der Waals surface area contributed by atoms with Gasteiger partial charge in [-0.25, -0.2) is 8.42 Å². The summed E-state index contributed by atoms with van der Waals surface area (Å²) in [4.78, 5) is 14.5. The molecule has 1 aliphatic heterocycles. The molecule has 1 saturated heterocycles. The number of rotatable bonds is 5. The van der Waals surface area contributed by atoms with Crippen LogP contribution in [0.2, 0.25) is 0 Å². The molecule has 1 amide bonds. The van der Waals surface area contributed by atoms with E-state index in [-0.39, 0.29) is 29.4 Å². The molecule has 2 rings (SSSR count). The zero-order valence-electron chi connectivity index (χ0n) is 13.3. The number of ether oxygens (including phenoxy) is 1. The largest absolute Gasteiger partial charge is 0.497 e. The molecule has 1 aromatic rings. The summed E-state index contributed by atoms with van der Waals surface area (Å²) < 4.78 is 28.6. The van der Waals surface area contributed by atoms with E-state index in [1.54, 1.807) is 36.3 Å². The zero-order chi connectivity index (χ0) is 16.3.